The Morgan fingerprint density at radius 1 is 1.16 bits per heavy atom. The van der Waals surface area contributed by atoms with Crippen LogP contribution in [0.5, 0.6) is 5.75 Å². The average molecular weight is 354 g/mol. The van der Waals surface area contributed by atoms with Crippen LogP contribution in [0.2, 0.25) is 0 Å². The van der Waals surface area contributed by atoms with Crippen molar-refractivity contribution in [3.63, 3.8) is 0 Å². The van der Waals surface area contributed by atoms with E-state index in [2.05, 4.69) is 20.3 Å². The summed E-state index contributed by atoms with van der Waals surface area (Å²) >= 11 is 0. The molecule has 9 heteroatoms. The first-order valence-electron chi connectivity index (χ1n) is 7.97. The van der Waals surface area contributed by atoms with Crippen LogP contribution in [-0.2, 0) is 19.5 Å². The van der Waals surface area contributed by atoms with Crippen LogP contribution in [0.1, 0.15) is 41.3 Å². The van der Waals surface area contributed by atoms with Crippen LogP contribution in [0, 0.1) is 0 Å². The van der Waals surface area contributed by atoms with Crippen molar-refractivity contribution < 1.29 is 22.7 Å². The van der Waals surface area contributed by atoms with Gasteiger partial charge in [0, 0.05) is 18.5 Å². The van der Waals surface area contributed by atoms with Crippen LogP contribution >= 0.6 is 0 Å². The smallest absolute Gasteiger partial charge is 0.406 e. The third-order valence-electron chi connectivity index (χ3n) is 3.94. The van der Waals surface area contributed by atoms with Crippen molar-refractivity contribution in [2.75, 3.05) is 0 Å². The van der Waals surface area contributed by atoms with Crippen molar-refractivity contribution in [2.45, 2.75) is 45.1 Å². The summed E-state index contributed by atoms with van der Waals surface area (Å²) in [7, 11) is 0. The summed E-state index contributed by atoms with van der Waals surface area (Å²) in [5.74, 6) is 0.842. The van der Waals surface area contributed by atoms with E-state index in [0.717, 1.165) is 50.2 Å². The highest BCUT2D eigenvalue weighted by Crippen LogP contribution is 2.22. The molecule has 134 valence electrons. The van der Waals surface area contributed by atoms with Crippen molar-refractivity contribution in [1.29, 1.82) is 0 Å². The largest absolute Gasteiger partial charge is 0.573 e. The average Bonchev–Trinajstić information content (AvgIpc) is 2.78. The van der Waals surface area contributed by atoms with Crippen molar-refractivity contribution >= 4 is 5.91 Å². The molecule has 25 heavy (non-hydrogen) atoms. The number of halogens is 3. The third-order valence-corrected chi connectivity index (χ3v) is 3.94. The maximum absolute atomic E-state index is 12.1. The second-order valence-electron chi connectivity index (χ2n) is 5.75. The second kappa shape index (κ2) is 7.12. The summed E-state index contributed by atoms with van der Waals surface area (Å²) in [5, 5.41) is 11.0. The number of nitrogens with zero attached hydrogens (tertiary/aromatic N) is 3. The molecular formula is C16H17F3N4O2. The Morgan fingerprint density at radius 2 is 1.92 bits per heavy atom. The van der Waals surface area contributed by atoms with E-state index in [-0.39, 0.29) is 17.9 Å². The number of carbonyl (C=O) groups excluding carboxylic acids is 1. The predicted molar refractivity (Wildman–Crippen MR) is 81.9 cm³/mol. The van der Waals surface area contributed by atoms with E-state index in [9.17, 15) is 18.0 Å². The SMILES string of the molecule is O=C(NCc1nnc2n1CCCCC2)c1ccc(OC(F)(F)F)cc1. The molecule has 1 aromatic heterocycles. The Kier molecular flexibility index (Phi) is 4.91. The van der Waals surface area contributed by atoms with Gasteiger partial charge < -0.3 is 14.6 Å². The fraction of sp³-hybridized carbons (Fsp3) is 0.438. The fourth-order valence-corrected chi connectivity index (χ4v) is 2.75. The minimum atomic E-state index is -4.75. The Balaban J connectivity index is 1.60. The Morgan fingerprint density at radius 3 is 2.64 bits per heavy atom. The van der Waals surface area contributed by atoms with Crippen molar-refractivity contribution in [3.05, 3.63) is 41.5 Å². The molecule has 0 saturated heterocycles. The zero-order chi connectivity index (χ0) is 17.9. The maximum atomic E-state index is 12.1. The van der Waals surface area contributed by atoms with Gasteiger partial charge in [0.05, 0.1) is 6.54 Å². The molecule has 1 N–H and O–H groups in total. The second-order valence-corrected chi connectivity index (χ2v) is 5.75. The lowest BCUT2D eigenvalue weighted by molar-refractivity contribution is -0.274. The number of nitrogens with one attached hydrogen (secondary N) is 1. The lowest BCUT2D eigenvalue weighted by Gasteiger charge is -2.10. The molecule has 0 aliphatic carbocycles. The fourth-order valence-electron chi connectivity index (χ4n) is 2.75. The number of benzene rings is 1. The number of fused-ring (bicyclic) bond motifs is 1. The molecule has 2 aromatic rings. The maximum Gasteiger partial charge on any atom is 0.573 e. The molecule has 0 saturated carbocycles. The Hall–Kier alpha value is -2.58. The van der Waals surface area contributed by atoms with Crippen LogP contribution in [0.25, 0.3) is 0 Å². The minimum absolute atomic E-state index is 0.215. The third kappa shape index (κ3) is 4.49. The van der Waals surface area contributed by atoms with Crippen LogP contribution in [0.3, 0.4) is 0 Å². The lowest BCUT2D eigenvalue weighted by atomic mass is 10.2. The molecule has 0 atom stereocenters. The van der Waals surface area contributed by atoms with Crippen LogP contribution in [-0.4, -0.2) is 27.0 Å². The molecular weight excluding hydrogens is 337 g/mol. The van der Waals surface area contributed by atoms with Gasteiger partial charge in [-0.2, -0.15) is 0 Å². The molecule has 0 radical (unpaired) electrons. The van der Waals surface area contributed by atoms with Gasteiger partial charge in [-0.05, 0) is 37.1 Å². The number of alkyl halides is 3. The quantitative estimate of drug-likeness (QED) is 0.917. The van der Waals surface area contributed by atoms with Gasteiger partial charge in [0.15, 0.2) is 5.82 Å². The molecule has 0 bridgehead atoms. The van der Waals surface area contributed by atoms with E-state index in [1.807, 2.05) is 4.57 Å². The molecule has 2 heterocycles. The van der Waals surface area contributed by atoms with E-state index in [1.165, 1.54) is 12.1 Å². The standard InChI is InChI=1S/C16H17F3N4O2/c17-16(18,19)25-12-7-5-11(6-8-12)15(24)20-10-14-22-21-13-4-2-1-3-9-23(13)14/h5-8H,1-4,9-10H2,(H,20,24). The molecule has 1 amide bonds. The van der Waals surface area contributed by atoms with E-state index in [0.29, 0.717) is 5.82 Å². The number of rotatable bonds is 4. The topological polar surface area (TPSA) is 69.0 Å². The van der Waals surface area contributed by atoms with Gasteiger partial charge in [-0.25, -0.2) is 0 Å². The van der Waals surface area contributed by atoms with E-state index in [4.69, 9.17) is 0 Å². The van der Waals surface area contributed by atoms with Gasteiger partial charge in [0.2, 0.25) is 0 Å². The van der Waals surface area contributed by atoms with Gasteiger partial charge in [0.25, 0.3) is 5.91 Å². The summed E-state index contributed by atoms with van der Waals surface area (Å²) in [6, 6.07) is 4.76. The van der Waals surface area contributed by atoms with E-state index >= 15 is 0 Å². The van der Waals surface area contributed by atoms with Gasteiger partial charge in [-0.1, -0.05) is 6.42 Å². The molecule has 1 aliphatic rings. The molecule has 3 rings (SSSR count). The summed E-state index contributed by atoms with van der Waals surface area (Å²) in [6.45, 7) is 1.05. The monoisotopic (exact) mass is 354 g/mol. The van der Waals surface area contributed by atoms with Gasteiger partial charge in [-0.15, -0.1) is 23.4 Å². The van der Waals surface area contributed by atoms with Crippen molar-refractivity contribution in [3.8, 4) is 5.75 Å². The normalized spacial score (nSPS) is 14.5. The van der Waals surface area contributed by atoms with Gasteiger partial charge in [0.1, 0.15) is 11.6 Å². The molecule has 6 nitrogen and oxygen atoms in total. The van der Waals surface area contributed by atoms with Crippen LogP contribution in [0.15, 0.2) is 24.3 Å². The summed E-state index contributed by atoms with van der Waals surface area (Å²) in [5.41, 5.74) is 0.241. The van der Waals surface area contributed by atoms with E-state index < -0.39 is 12.3 Å². The van der Waals surface area contributed by atoms with Crippen molar-refractivity contribution in [1.82, 2.24) is 20.1 Å². The Labute approximate surface area is 142 Å². The molecule has 0 unspecified atom stereocenters. The lowest BCUT2D eigenvalue weighted by Crippen LogP contribution is -2.25. The van der Waals surface area contributed by atoms with Gasteiger partial charge >= 0.3 is 6.36 Å². The van der Waals surface area contributed by atoms with E-state index in [1.54, 1.807) is 0 Å². The predicted octanol–water partition coefficient (Wildman–Crippen LogP) is 2.83. The summed E-state index contributed by atoms with van der Waals surface area (Å²) < 4.78 is 42.2. The molecule has 1 aliphatic heterocycles. The minimum Gasteiger partial charge on any atom is -0.406 e. The van der Waals surface area contributed by atoms with Crippen LogP contribution < -0.4 is 10.1 Å². The molecule has 1 aromatic carbocycles. The number of carbonyl (C=O) groups is 1. The first kappa shape index (κ1) is 17.2. The number of hydrogen-bond acceptors (Lipinski definition) is 4. The first-order valence-corrected chi connectivity index (χ1v) is 7.97. The highest BCUT2D eigenvalue weighted by molar-refractivity contribution is 5.94. The molecule has 0 spiro atoms. The van der Waals surface area contributed by atoms with Gasteiger partial charge in [-0.3, -0.25) is 4.79 Å². The summed E-state index contributed by atoms with van der Waals surface area (Å²) in [4.78, 5) is 12.1. The number of aromatic nitrogens is 3. The molecule has 0 fully saturated rings. The highest BCUT2D eigenvalue weighted by Gasteiger charge is 2.31. The number of aryl methyl sites for hydroxylation is 1. The zero-order valence-electron chi connectivity index (χ0n) is 13.3. The van der Waals surface area contributed by atoms with Crippen molar-refractivity contribution in [2.24, 2.45) is 0 Å². The van der Waals surface area contributed by atoms with Crippen LogP contribution in [0.4, 0.5) is 13.2 Å². The number of hydrogen-bond donors (Lipinski definition) is 1. The zero-order valence-corrected chi connectivity index (χ0v) is 13.3. The number of amides is 1. The highest BCUT2D eigenvalue weighted by atomic mass is 19.4. The Bertz CT molecular complexity index is 741. The summed E-state index contributed by atoms with van der Waals surface area (Å²) in [6.07, 6.45) is -0.609. The number of ether oxygens (including phenoxy) is 1. The first-order chi connectivity index (χ1) is 11.9.